The number of anilines is 1. The van der Waals surface area contributed by atoms with Gasteiger partial charge in [-0.2, -0.15) is 10.4 Å². The number of pyridine rings is 1. The van der Waals surface area contributed by atoms with Gasteiger partial charge in [-0.25, -0.2) is 9.67 Å². The largest absolute Gasteiger partial charge is 0.396 e. The summed E-state index contributed by atoms with van der Waals surface area (Å²) in [5.74, 6) is 1.51. The van der Waals surface area contributed by atoms with Gasteiger partial charge in [0.15, 0.2) is 5.78 Å². The molecule has 1 saturated heterocycles. The van der Waals surface area contributed by atoms with Crippen LogP contribution in [0, 0.1) is 17.2 Å². The first-order chi connectivity index (χ1) is 17.1. The SMILES string of the molecule is N#Cc1cc(CC(=O)c2cnn(-c3ccc(Cl)cc3)c2C2CC2)cnc1N1CCC(CCO)CC1. The highest BCUT2D eigenvalue weighted by Gasteiger charge is 2.33. The highest BCUT2D eigenvalue weighted by molar-refractivity contribution is 6.30. The fourth-order valence-corrected chi connectivity index (χ4v) is 5.06. The van der Waals surface area contributed by atoms with E-state index in [1.165, 1.54) is 0 Å². The molecule has 0 atom stereocenters. The Morgan fingerprint density at radius 3 is 2.54 bits per heavy atom. The number of Topliss-reactive ketones (excluding diaryl/α,β-unsaturated/α-hetero) is 1. The average molecular weight is 490 g/mol. The van der Waals surface area contributed by atoms with E-state index in [-0.39, 0.29) is 18.8 Å². The summed E-state index contributed by atoms with van der Waals surface area (Å²) in [7, 11) is 0. The van der Waals surface area contributed by atoms with E-state index in [1.807, 2.05) is 28.9 Å². The molecule has 1 N–H and O–H groups in total. The molecule has 3 aromatic rings. The predicted octanol–water partition coefficient (Wildman–Crippen LogP) is 4.69. The zero-order valence-electron chi connectivity index (χ0n) is 19.5. The van der Waals surface area contributed by atoms with Crippen molar-refractivity contribution in [2.45, 2.75) is 44.4 Å². The van der Waals surface area contributed by atoms with Crippen molar-refractivity contribution in [2.75, 3.05) is 24.6 Å². The third-order valence-electron chi connectivity index (χ3n) is 7.00. The molecule has 0 bridgehead atoms. The number of carbonyl (C=O) groups excluding carboxylic acids is 1. The van der Waals surface area contributed by atoms with E-state index >= 15 is 0 Å². The number of aromatic nitrogens is 3. The van der Waals surface area contributed by atoms with Gasteiger partial charge in [-0.15, -0.1) is 0 Å². The van der Waals surface area contributed by atoms with Crippen LogP contribution in [0.15, 0.2) is 42.7 Å². The quantitative estimate of drug-likeness (QED) is 0.461. The van der Waals surface area contributed by atoms with Gasteiger partial charge < -0.3 is 10.0 Å². The Labute approximate surface area is 210 Å². The highest BCUT2D eigenvalue weighted by Crippen LogP contribution is 2.43. The summed E-state index contributed by atoms with van der Waals surface area (Å²) in [6, 6.07) is 11.5. The van der Waals surface area contributed by atoms with Crippen LogP contribution in [-0.2, 0) is 6.42 Å². The standard InChI is InChI=1S/C27H28ClN5O2/c28-22-3-5-23(6-4-22)33-26(20-1-2-20)24(17-31-33)25(35)14-19-13-21(15-29)27(30-16-19)32-10-7-18(8-11-32)9-12-34/h3-6,13,16-18,20,34H,1-2,7-12,14H2. The molecule has 0 spiro atoms. The van der Waals surface area contributed by atoms with Gasteiger partial charge in [0.25, 0.3) is 0 Å². The normalized spacial score (nSPS) is 16.3. The fourth-order valence-electron chi connectivity index (χ4n) is 4.94. The number of benzene rings is 1. The van der Waals surface area contributed by atoms with Gasteiger partial charge in [0, 0.05) is 43.3 Å². The molecule has 8 heteroatoms. The van der Waals surface area contributed by atoms with Crippen molar-refractivity contribution in [3.8, 4) is 11.8 Å². The van der Waals surface area contributed by atoms with Crippen molar-refractivity contribution in [1.82, 2.24) is 14.8 Å². The van der Waals surface area contributed by atoms with Crippen molar-refractivity contribution in [3.05, 3.63) is 70.1 Å². The lowest BCUT2D eigenvalue weighted by Gasteiger charge is -2.33. The second-order valence-electron chi connectivity index (χ2n) is 9.48. The minimum absolute atomic E-state index is 0.0182. The van der Waals surface area contributed by atoms with Crippen LogP contribution in [0.3, 0.4) is 0 Å². The monoisotopic (exact) mass is 489 g/mol. The molecule has 5 rings (SSSR count). The number of nitriles is 1. The van der Waals surface area contributed by atoms with Crippen LogP contribution in [-0.4, -0.2) is 45.4 Å². The molecule has 2 fully saturated rings. The van der Waals surface area contributed by atoms with Crippen molar-refractivity contribution in [3.63, 3.8) is 0 Å². The maximum atomic E-state index is 13.3. The molecule has 2 aromatic heterocycles. The molecule has 180 valence electrons. The maximum absolute atomic E-state index is 13.3. The summed E-state index contributed by atoms with van der Waals surface area (Å²) >= 11 is 6.04. The van der Waals surface area contributed by atoms with E-state index in [0.717, 1.165) is 62.1 Å². The number of carbonyl (C=O) groups is 1. The molecule has 2 aliphatic rings. The summed E-state index contributed by atoms with van der Waals surface area (Å²) in [6.45, 7) is 1.86. The lowest BCUT2D eigenvalue weighted by molar-refractivity contribution is 0.0992. The number of hydrogen-bond donors (Lipinski definition) is 1. The van der Waals surface area contributed by atoms with E-state index in [2.05, 4.69) is 21.1 Å². The van der Waals surface area contributed by atoms with E-state index in [4.69, 9.17) is 11.6 Å². The van der Waals surface area contributed by atoms with Crippen LogP contribution in [0.5, 0.6) is 0 Å². The first-order valence-corrected chi connectivity index (χ1v) is 12.6. The van der Waals surface area contributed by atoms with Gasteiger partial charge in [0.2, 0.25) is 0 Å². The molecule has 0 unspecified atom stereocenters. The Morgan fingerprint density at radius 2 is 1.89 bits per heavy atom. The van der Waals surface area contributed by atoms with Crippen molar-refractivity contribution in [1.29, 1.82) is 5.26 Å². The van der Waals surface area contributed by atoms with Gasteiger partial charge in [0.05, 0.1) is 28.7 Å². The van der Waals surface area contributed by atoms with Gasteiger partial charge >= 0.3 is 0 Å². The summed E-state index contributed by atoms with van der Waals surface area (Å²) in [5, 5.41) is 24.1. The van der Waals surface area contributed by atoms with E-state index in [9.17, 15) is 15.2 Å². The number of rotatable bonds is 8. The minimum Gasteiger partial charge on any atom is -0.396 e. The maximum Gasteiger partial charge on any atom is 0.170 e. The number of hydrogen-bond acceptors (Lipinski definition) is 6. The molecule has 35 heavy (non-hydrogen) atoms. The third-order valence-corrected chi connectivity index (χ3v) is 7.25. The molecular formula is C27H28ClN5O2. The van der Waals surface area contributed by atoms with Gasteiger partial charge in [-0.1, -0.05) is 11.6 Å². The van der Waals surface area contributed by atoms with Crippen molar-refractivity contribution < 1.29 is 9.90 Å². The summed E-state index contributed by atoms with van der Waals surface area (Å²) in [5.41, 5.74) is 3.70. The van der Waals surface area contributed by atoms with Crippen LogP contribution in [0.1, 0.15) is 65.2 Å². The smallest absolute Gasteiger partial charge is 0.170 e. The molecule has 1 aromatic carbocycles. The number of piperidine rings is 1. The lowest BCUT2D eigenvalue weighted by Crippen LogP contribution is -2.35. The van der Waals surface area contributed by atoms with Crippen molar-refractivity contribution >= 4 is 23.2 Å². The predicted molar refractivity (Wildman–Crippen MR) is 134 cm³/mol. The van der Waals surface area contributed by atoms with Gasteiger partial charge in [-0.05, 0) is 73.9 Å². The zero-order chi connectivity index (χ0) is 24.4. The highest BCUT2D eigenvalue weighted by atomic mass is 35.5. The Kier molecular flexibility index (Phi) is 6.85. The summed E-state index contributed by atoms with van der Waals surface area (Å²) in [4.78, 5) is 20.1. The molecular weight excluding hydrogens is 462 g/mol. The van der Waals surface area contributed by atoms with E-state index in [1.54, 1.807) is 18.5 Å². The van der Waals surface area contributed by atoms with Crippen LogP contribution < -0.4 is 4.90 Å². The second-order valence-corrected chi connectivity index (χ2v) is 9.91. The molecule has 0 amide bonds. The zero-order valence-corrected chi connectivity index (χ0v) is 20.3. The van der Waals surface area contributed by atoms with Crippen LogP contribution in [0.2, 0.25) is 5.02 Å². The number of halogens is 1. The topological polar surface area (TPSA) is 95.0 Å². The van der Waals surface area contributed by atoms with Crippen LogP contribution in [0.4, 0.5) is 5.82 Å². The Morgan fingerprint density at radius 1 is 1.14 bits per heavy atom. The van der Waals surface area contributed by atoms with Gasteiger partial charge in [-0.3, -0.25) is 4.79 Å². The Bertz CT molecular complexity index is 1250. The number of ketones is 1. The molecule has 1 saturated carbocycles. The fraction of sp³-hybridized carbons (Fsp3) is 0.407. The Balaban J connectivity index is 1.34. The third kappa shape index (κ3) is 5.09. The minimum atomic E-state index is -0.0182. The molecule has 7 nitrogen and oxygen atoms in total. The van der Waals surface area contributed by atoms with E-state index in [0.29, 0.717) is 33.8 Å². The first-order valence-electron chi connectivity index (χ1n) is 12.2. The number of nitrogens with zero attached hydrogens (tertiary/aromatic N) is 5. The van der Waals surface area contributed by atoms with Gasteiger partial charge in [0.1, 0.15) is 11.9 Å². The van der Waals surface area contributed by atoms with Crippen molar-refractivity contribution in [2.24, 2.45) is 5.92 Å². The van der Waals surface area contributed by atoms with Crippen LogP contribution in [0.25, 0.3) is 5.69 Å². The second kappa shape index (κ2) is 10.2. The number of aliphatic hydroxyl groups is 1. The Hall–Kier alpha value is -3.21. The summed E-state index contributed by atoms with van der Waals surface area (Å²) in [6.07, 6.45) is 8.43. The van der Waals surface area contributed by atoms with E-state index < -0.39 is 0 Å². The number of aliphatic hydroxyl groups excluding tert-OH is 1. The molecule has 0 radical (unpaired) electrons. The lowest BCUT2D eigenvalue weighted by atomic mass is 9.93. The average Bonchev–Trinajstić information content (AvgIpc) is 3.62. The molecule has 3 heterocycles. The van der Waals surface area contributed by atoms with Crippen LogP contribution >= 0.6 is 11.6 Å². The molecule has 1 aliphatic carbocycles. The summed E-state index contributed by atoms with van der Waals surface area (Å²) < 4.78 is 1.85. The molecule has 1 aliphatic heterocycles. The first kappa shape index (κ1) is 23.5.